The lowest BCUT2D eigenvalue weighted by atomic mass is 10.0. The van der Waals surface area contributed by atoms with Gasteiger partial charge < -0.3 is 14.2 Å². The van der Waals surface area contributed by atoms with E-state index in [2.05, 4.69) is 45.1 Å². The standard InChI is InChI=1S/C74H140O6/c1-4-7-10-13-16-19-22-24-26-28-30-32-33-34-35-36-37-38-39-40-41-43-44-46-48-50-52-55-58-61-64-67-73(76)79-70-71(69-78-72(75)66-63-60-57-54-21-18-15-12-9-6-3)80-74(77)68-65-62-59-56-53-51-49-47-45-42-31-29-27-25-23-20-17-14-11-8-5-2/h12,15,28,30,71H,4-11,13-14,16-27,29,31-70H2,1-3H3/b15-12-,30-28-. The number of rotatable bonds is 68. The molecule has 0 bridgehead atoms. The largest absolute Gasteiger partial charge is 0.462 e. The van der Waals surface area contributed by atoms with Gasteiger partial charge >= 0.3 is 17.9 Å². The molecular formula is C74H140O6. The van der Waals surface area contributed by atoms with Crippen molar-refractivity contribution < 1.29 is 28.6 Å². The van der Waals surface area contributed by atoms with Gasteiger partial charge in [0.2, 0.25) is 0 Å². The van der Waals surface area contributed by atoms with E-state index in [-0.39, 0.29) is 31.1 Å². The molecular weight excluding hydrogens is 985 g/mol. The van der Waals surface area contributed by atoms with E-state index in [1.165, 1.54) is 302 Å². The molecule has 6 heteroatoms. The molecule has 0 heterocycles. The molecule has 1 unspecified atom stereocenters. The average molecular weight is 1130 g/mol. The Morgan fingerprint density at radius 3 is 0.675 bits per heavy atom. The van der Waals surface area contributed by atoms with Crippen LogP contribution in [-0.2, 0) is 28.6 Å². The van der Waals surface area contributed by atoms with E-state index < -0.39 is 6.10 Å². The van der Waals surface area contributed by atoms with Gasteiger partial charge in [0.05, 0.1) is 0 Å². The van der Waals surface area contributed by atoms with Crippen molar-refractivity contribution in [1.82, 2.24) is 0 Å². The molecule has 0 radical (unpaired) electrons. The van der Waals surface area contributed by atoms with E-state index in [9.17, 15) is 14.4 Å². The molecule has 0 aromatic rings. The molecule has 1 atom stereocenters. The van der Waals surface area contributed by atoms with Crippen LogP contribution in [0.25, 0.3) is 0 Å². The summed E-state index contributed by atoms with van der Waals surface area (Å²) in [7, 11) is 0. The van der Waals surface area contributed by atoms with Crippen LogP contribution in [0.15, 0.2) is 24.3 Å². The van der Waals surface area contributed by atoms with Gasteiger partial charge in [0.25, 0.3) is 0 Å². The van der Waals surface area contributed by atoms with Crippen molar-refractivity contribution in [3.8, 4) is 0 Å². The molecule has 0 amide bonds. The second kappa shape index (κ2) is 69.4. The van der Waals surface area contributed by atoms with Crippen LogP contribution in [-0.4, -0.2) is 37.2 Å². The summed E-state index contributed by atoms with van der Waals surface area (Å²) < 4.78 is 17.0. The summed E-state index contributed by atoms with van der Waals surface area (Å²) in [5.74, 6) is -0.848. The number of carbonyl (C=O) groups is 3. The smallest absolute Gasteiger partial charge is 0.306 e. The van der Waals surface area contributed by atoms with E-state index in [1.54, 1.807) is 0 Å². The second-order valence-electron chi connectivity index (χ2n) is 24.9. The van der Waals surface area contributed by atoms with E-state index in [0.717, 1.165) is 70.6 Å². The molecule has 6 nitrogen and oxygen atoms in total. The molecule has 0 saturated heterocycles. The zero-order valence-corrected chi connectivity index (χ0v) is 54.4. The van der Waals surface area contributed by atoms with Gasteiger partial charge in [-0.25, -0.2) is 0 Å². The molecule has 0 rings (SSSR count). The Balaban J connectivity index is 4.07. The van der Waals surface area contributed by atoms with Crippen molar-refractivity contribution in [2.45, 2.75) is 419 Å². The molecule has 0 aromatic carbocycles. The summed E-state index contributed by atoms with van der Waals surface area (Å²) in [6, 6.07) is 0. The first-order valence-electron chi connectivity index (χ1n) is 36.3. The maximum absolute atomic E-state index is 12.9. The molecule has 80 heavy (non-hydrogen) atoms. The molecule has 0 aliphatic carbocycles. The van der Waals surface area contributed by atoms with Crippen LogP contribution in [0.5, 0.6) is 0 Å². The predicted octanol–water partition coefficient (Wildman–Crippen LogP) is 25.0. The first-order valence-corrected chi connectivity index (χ1v) is 36.3. The number of carbonyl (C=O) groups excluding carboxylic acids is 3. The van der Waals surface area contributed by atoms with Gasteiger partial charge in [-0.1, -0.05) is 353 Å². The van der Waals surface area contributed by atoms with Crippen molar-refractivity contribution >= 4 is 17.9 Å². The van der Waals surface area contributed by atoms with Crippen molar-refractivity contribution in [3.63, 3.8) is 0 Å². The lowest BCUT2D eigenvalue weighted by Crippen LogP contribution is -2.30. The first-order chi connectivity index (χ1) is 39.5. The van der Waals surface area contributed by atoms with Crippen LogP contribution in [0, 0.1) is 0 Å². The Morgan fingerprint density at radius 1 is 0.237 bits per heavy atom. The van der Waals surface area contributed by atoms with Crippen LogP contribution in [0.2, 0.25) is 0 Å². The Morgan fingerprint density at radius 2 is 0.438 bits per heavy atom. The third kappa shape index (κ3) is 66.7. The summed E-state index contributed by atoms with van der Waals surface area (Å²) in [5, 5.41) is 0. The van der Waals surface area contributed by atoms with E-state index in [0.29, 0.717) is 19.3 Å². The third-order valence-corrected chi connectivity index (χ3v) is 16.7. The molecule has 0 aromatic heterocycles. The monoisotopic (exact) mass is 1130 g/mol. The summed E-state index contributed by atoms with van der Waals surface area (Å²) in [6.07, 6.45) is 85.3. The fraction of sp³-hybridized carbons (Fsp3) is 0.905. The highest BCUT2D eigenvalue weighted by Gasteiger charge is 2.19. The molecule has 0 saturated carbocycles. The van der Waals surface area contributed by atoms with Gasteiger partial charge in [0.1, 0.15) is 13.2 Å². The fourth-order valence-corrected chi connectivity index (χ4v) is 11.2. The second-order valence-corrected chi connectivity index (χ2v) is 24.9. The quantitative estimate of drug-likeness (QED) is 0.0261. The average Bonchev–Trinajstić information content (AvgIpc) is 3.46. The Kier molecular flexibility index (Phi) is 67.6. The van der Waals surface area contributed by atoms with E-state index in [1.807, 2.05) is 0 Å². The van der Waals surface area contributed by atoms with Crippen LogP contribution in [0.1, 0.15) is 412 Å². The Hall–Kier alpha value is -2.11. The topological polar surface area (TPSA) is 78.9 Å². The van der Waals surface area contributed by atoms with Gasteiger partial charge in [0.15, 0.2) is 6.10 Å². The highest BCUT2D eigenvalue weighted by atomic mass is 16.6. The van der Waals surface area contributed by atoms with Gasteiger partial charge in [-0.2, -0.15) is 0 Å². The lowest BCUT2D eigenvalue weighted by Gasteiger charge is -2.18. The first kappa shape index (κ1) is 77.9. The Bertz CT molecular complexity index is 1290. The van der Waals surface area contributed by atoms with Crippen LogP contribution >= 0.6 is 0 Å². The van der Waals surface area contributed by atoms with Crippen LogP contribution in [0.4, 0.5) is 0 Å². The predicted molar refractivity (Wildman–Crippen MR) is 349 cm³/mol. The zero-order valence-electron chi connectivity index (χ0n) is 54.4. The maximum atomic E-state index is 12.9. The van der Waals surface area contributed by atoms with Crippen molar-refractivity contribution in [2.24, 2.45) is 0 Å². The number of hydrogen-bond donors (Lipinski definition) is 0. The van der Waals surface area contributed by atoms with Crippen molar-refractivity contribution in [3.05, 3.63) is 24.3 Å². The van der Waals surface area contributed by atoms with Gasteiger partial charge in [-0.15, -0.1) is 0 Å². The number of unbranched alkanes of at least 4 members (excludes halogenated alkanes) is 53. The molecule has 0 aliphatic heterocycles. The molecule has 0 spiro atoms. The molecule has 0 N–H and O–H groups in total. The minimum Gasteiger partial charge on any atom is -0.462 e. The zero-order chi connectivity index (χ0) is 57.8. The number of hydrogen-bond acceptors (Lipinski definition) is 6. The highest BCUT2D eigenvalue weighted by Crippen LogP contribution is 2.19. The van der Waals surface area contributed by atoms with E-state index >= 15 is 0 Å². The SMILES string of the molecule is CCC/C=C\CCCCCCCC(=O)OCC(COC(=O)CCCCCCCCCCCCCCCCCCCCC/C=C\CCCCCCCCCC)OC(=O)CCCCCCCCCCCCCCCCCCCCCCC. The van der Waals surface area contributed by atoms with Crippen molar-refractivity contribution in [2.75, 3.05) is 13.2 Å². The van der Waals surface area contributed by atoms with Crippen molar-refractivity contribution in [1.29, 1.82) is 0 Å². The molecule has 472 valence electrons. The Labute approximate surface area is 500 Å². The fourth-order valence-electron chi connectivity index (χ4n) is 11.2. The summed E-state index contributed by atoms with van der Waals surface area (Å²) >= 11 is 0. The third-order valence-electron chi connectivity index (χ3n) is 16.7. The van der Waals surface area contributed by atoms with Gasteiger partial charge in [-0.3, -0.25) is 14.4 Å². The van der Waals surface area contributed by atoms with Gasteiger partial charge in [-0.05, 0) is 64.2 Å². The maximum Gasteiger partial charge on any atom is 0.306 e. The van der Waals surface area contributed by atoms with E-state index in [4.69, 9.17) is 14.2 Å². The summed E-state index contributed by atoms with van der Waals surface area (Å²) in [4.78, 5) is 38.3. The minimum absolute atomic E-state index is 0.0675. The highest BCUT2D eigenvalue weighted by molar-refractivity contribution is 5.71. The van der Waals surface area contributed by atoms with Gasteiger partial charge in [0, 0.05) is 19.3 Å². The lowest BCUT2D eigenvalue weighted by molar-refractivity contribution is -0.167. The summed E-state index contributed by atoms with van der Waals surface area (Å²) in [6.45, 7) is 6.65. The summed E-state index contributed by atoms with van der Waals surface area (Å²) in [5.41, 5.74) is 0. The van der Waals surface area contributed by atoms with Crippen LogP contribution < -0.4 is 0 Å². The number of esters is 3. The molecule has 0 fully saturated rings. The number of ether oxygens (including phenoxy) is 3. The number of allylic oxidation sites excluding steroid dienone is 4. The molecule has 0 aliphatic rings. The van der Waals surface area contributed by atoms with Crippen LogP contribution in [0.3, 0.4) is 0 Å². The minimum atomic E-state index is -0.771. The normalized spacial score (nSPS) is 12.1.